The van der Waals surface area contributed by atoms with Crippen molar-refractivity contribution >= 4 is 5.69 Å². The Morgan fingerprint density at radius 1 is 1.42 bits per heavy atom. The lowest BCUT2D eigenvalue weighted by atomic mass is 10.1. The average molecular weight is 159 g/mol. The molecule has 0 radical (unpaired) electrons. The van der Waals surface area contributed by atoms with Gasteiger partial charge in [0.25, 0.3) is 0 Å². The minimum atomic E-state index is 0.818. The average Bonchev–Trinajstić information content (AvgIpc) is 2.08. The van der Waals surface area contributed by atoms with Gasteiger partial charge in [-0.25, -0.2) is 0 Å². The van der Waals surface area contributed by atoms with Crippen molar-refractivity contribution in [3.05, 3.63) is 29.3 Å². The first-order valence-electron chi connectivity index (χ1n) is 4.09. The van der Waals surface area contributed by atoms with Gasteiger partial charge in [-0.3, -0.25) is 0 Å². The molecule has 0 bridgehead atoms. The van der Waals surface area contributed by atoms with Crippen molar-refractivity contribution in [2.45, 2.75) is 20.3 Å². The summed E-state index contributed by atoms with van der Waals surface area (Å²) in [4.78, 5) is 0. The lowest BCUT2D eigenvalue weighted by Gasteiger charge is -2.00. The second-order valence-electron chi connectivity index (χ2n) is 2.68. The van der Waals surface area contributed by atoms with Crippen molar-refractivity contribution in [3.8, 4) is 11.8 Å². The zero-order valence-electron chi connectivity index (χ0n) is 7.52. The maximum absolute atomic E-state index is 5.72. The van der Waals surface area contributed by atoms with E-state index in [1.807, 2.05) is 32.0 Å². The third-order valence-electron chi connectivity index (χ3n) is 1.78. The molecule has 1 aromatic rings. The highest BCUT2D eigenvalue weighted by molar-refractivity contribution is 5.55. The molecular weight excluding hydrogens is 146 g/mol. The molecule has 1 rings (SSSR count). The molecule has 0 atom stereocenters. The lowest BCUT2D eigenvalue weighted by Crippen LogP contribution is -1.91. The number of rotatable bonds is 0. The van der Waals surface area contributed by atoms with Crippen LogP contribution >= 0.6 is 0 Å². The van der Waals surface area contributed by atoms with Crippen LogP contribution < -0.4 is 5.73 Å². The normalized spacial score (nSPS) is 8.83. The smallest absolute Gasteiger partial charge is 0.0356 e. The maximum atomic E-state index is 5.72. The van der Waals surface area contributed by atoms with Gasteiger partial charge in [0.1, 0.15) is 0 Å². The van der Waals surface area contributed by atoms with Crippen molar-refractivity contribution in [2.24, 2.45) is 0 Å². The zero-order chi connectivity index (χ0) is 8.97. The summed E-state index contributed by atoms with van der Waals surface area (Å²) < 4.78 is 0. The minimum Gasteiger partial charge on any atom is -0.398 e. The molecule has 2 N–H and O–H groups in total. The molecule has 0 saturated carbocycles. The fourth-order valence-electron chi connectivity index (χ4n) is 0.973. The minimum absolute atomic E-state index is 0.818. The molecule has 0 spiro atoms. The zero-order valence-corrected chi connectivity index (χ0v) is 7.52. The van der Waals surface area contributed by atoms with Crippen LogP contribution in [0.1, 0.15) is 24.5 Å². The van der Waals surface area contributed by atoms with Gasteiger partial charge < -0.3 is 5.73 Å². The molecule has 0 fully saturated rings. The summed E-state index contributed by atoms with van der Waals surface area (Å²) in [6.07, 6.45) is 0.883. The molecule has 0 heterocycles. The third-order valence-corrected chi connectivity index (χ3v) is 1.78. The molecule has 0 amide bonds. The van der Waals surface area contributed by atoms with E-state index in [-0.39, 0.29) is 0 Å². The van der Waals surface area contributed by atoms with Gasteiger partial charge in [-0.2, -0.15) is 0 Å². The van der Waals surface area contributed by atoms with Gasteiger partial charge in [0, 0.05) is 17.7 Å². The number of hydrogen-bond acceptors (Lipinski definition) is 1. The number of anilines is 1. The molecule has 0 saturated heterocycles. The number of nitrogen functional groups attached to an aromatic ring is 1. The van der Waals surface area contributed by atoms with Crippen LogP contribution in [0.25, 0.3) is 0 Å². The van der Waals surface area contributed by atoms with Gasteiger partial charge in [-0.05, 0) is 24.6 Å². The molecule has 1 heteroatoms. The topological polar surface area (TPSA) is 26.0 Å². The Bertz CT molecular complexity index is 329. The monoisotopic (exact) mass is 159 g/mol. The Balaban J connectivity index is 3.08. The van der Waals surface area contributed by atoms with Crippen LogP contribution in [-0.4, -0.2) is 0 Å². The van der Waals surface area contributed by atoms with Crippen LogP contribution in [-0.2, 0) is 0 Å². The second-order valence-corrected chi connectivity index (χ2v) is 2.68. The van der Waals surface area contributed by atoms with E-state index in [1.165, 1.54) is 0 Å². The molecule has 0 aliphatic heterocycles. The van der Waals surface area contributed by atoms with E-state index in [1.54, 1.807) is 0 Å². The molecule has 0 aromatic heterocycles. The highest BCUT2D eigenvalue weighted by Gasteiger charge is 1.95. The van der Waals surface area contributed by atoms with Crippen molar-refractivity contribution in [1.82, 2.24) is 0 Å². The molecular formula is C11H13N. The van der Waals surface area contributed by atoms with E-state index in [0.717, 1.165) is 23.2 Å². The molecule has 0 aliphatic rings. The maximum Gasteiger partial charge on any atom is 0.0356 e. The predicted molar refractivity (Wildman–Crippen MR) is 52.8 cm³/mol. The molecule has 0 aliphatic carbocycles. The van der Waals surface area contributed by atoms with E-state index in [2.05, 4.69) is 11.8 Å². The van der Waals surface area contributed by atoms with Gasteiger partial charge in [0.2, 0.25) is 0 Å². The van der Waals surface area contributed by atoms with Gasteiger partial charge >= 0.3 is 0 Å². The van der Waals surface area contributed by atoms with Crippen molar-refractivity contribution in [2.75, 3.05) is 5.73 Å². The Hall–Kier alpha value is -1.42. The van der Waals surface area contributed by atoms with Crippen LogP contribution in [0.2, 0.25) is 0 Å². The molecule has 0 unspecified atom stereocenters. The molecule has 1 aromatic carbocycles. The Morgan fingerprint density at radius 2 is 2.17 bits per heavy atom. The molecule has 12 heavy (non-hydrogen) atoms. The van der Waals surface area contributed by atoms with E-state index in [0.29, 0.717) is 0 Å². The van der Waals surface area contributed by atoms with Crippen LogP contribution in [0.4, 0.5) is 5.69 Å². The first kappa shape index (κ1) is 8.67. The van der Waals surface area contributed by atoms with E-state index >= 15 is 0 Å². The SMILES string of the molecule is CCC#Cc1cccc(N)c1C. The standard InChI is InChI=1S/C11H13N/c1-3-4-6-10-7-5-8-11(12)9(10)2/h5,7-8H,3,12H2,1-2H3. The van der Waals surface area contributed by atoms with Crippen molar-refractivity contribution < 1.29 is 0 Å². The first-order valence-corrected chi connectivity index (χ1v) is 4.09. The van der Waals surface area contributed by atoms with Gasteiger partial charge in [-0.15, -0.1) is 0 Å². The summed E-state index contributed by atoms with van der Waals surface area (Å²) in [5.41, 5.74) is 8.66. The summed E-state index contributed by atoms with van der Waals surface area (Å²) >= 11 is 0. The molecule has 1 nitrogen and oxygen atoms in total. The number of benzene rings is 1. The Morgan fingerprint density at radius 3 is 2.83 bits per heavy atom. The first-order chi connectivity index (χ1) is 5.75. The van der Waals surface area contributed by atoms with Crippen molar-refractivity contribution in [1.29, 1.82) is 0 Å². The Kier molecular flexibility index (Phi) is 2.76. The summed E-state index contributed by atoms with van der Waals surface area (Å²) in [5, 5.41) is 0. The van der Waals surface area contributed by atoms with Crippen LogP contribution in [0.15, 0.2) is 18.2 Å². The van der Waals surface area contributed by atoms with E-state index in [4.69, 9.17) is 5.73 Å². The van der Waals surface area contributed by atoms with Crippen LogP contribution in [0, 0.1) is 18.8 Å². The molecule has 62 valence electrons. The van der Waals surface area contributed by atoms with E-state index in [9.17, 15) is 0 Å². The highest BCUT2D eigenvalue weighted by Crippen LogP contribution is 2.13. The summed E-state index contributed by atoms with van der Waals surface area (Å²) in [7, 11) is 0. The van der Waals surface area contributed by atoms with Crippen molar-refractivity contribution in [3.63, 3.8) is 0 Å². The number of nitrogens with two attached hydrogens (primary N) is 1. The fourth-order valence-corrected chi connectivity index (χ4v) is 0.973. The Labute approximate surface area is 73.6 Å². The highest BCUT2D eigenvalue weighted by atomic mass is 14.5. The summed E-state index contributed by atoms with van der Waals surface area (Å²) in [6.45, 7) is 4.03. The van der Waals surface area contributed by atoms with Gasteiger partial charge in [0.15, 0.2) is 0 Å². The van der Waals surface area contributed by atoms with Crippen LogP contribution in [0.3, 0.4) is 0 Å². The quantitative estimate of drug-likeness (QED) is 0.456. The van der Waals surface area contributed by atoms with Gasteiger partial charge in [-0.1, -0.05) is 24.8 Å². The predicted octanol–water partition coefficient (Wildman–Crippen LogP) is 2.34. The fraction of sp³-hybridized carbons (Fsp3) is 0.273. The lowest BCUT2D eigenvalue weighted by molar-refractivity contribution is 1.28. The largest absolute Gasteiger partial charge is 0.398 e. The summed E-state index contributed by atoms with van der Waals surface area (Å²) in [6, 6.07) is 5.82. The van der Waals surface area contributed by atoms with Gasteiger partial charge in [0.05, 0.1) is 0 Å². The van der Waals surface area contributed by atoms with E-state index < -0.39 is 0 Å². The third kappa shape index (κ3) is 1.79. The van der Waals surface area contributed by atoms with Crippen LogP contribution in [0.5, 0.6) is 0 Å². The number of hydrogen-bond donors (Lipinski definition) is 1. The second kappa shape index (κ2) is 3.82. The summed E-state index contributed by atoms with van der Waals surface area (Å²) in [5.74, 6) is 6.10.